The lowest BCUT2D eigenvalue weighted by atomic mass is 9.99. The zero-order valence-electron chi connectivity index (χ0n) is 22.9. The zero-order valence-corrected chi connectivity index (χ0v) is 26.1. The maximum atomic E-state index is 14.0. The van der Waals surface area contributed by atoms with Crippen molar-refractivity contribution in [2.75, 3.05) is 5.32 Å². The Bertz CT molecular complexity index is 2340. The fourth-order valence-electron chi connectivity index (χ4n) is 4.36. The number of hydrogen-bond acceptors (Lipinski definition) is 10. The van der Waals surface area contributed by atoms with E-state index in [0.717, 1.165) is 16.3 Å². The zero-order chi connectivity index (χ0) is 32.7. The molecule has 5 N–H and O–H groups in total. The molecular formula is C28H20ClN7O6S3. The predicted molar refractivity (Wildman–Crippen MR) is 168 cm³/mol. The molecule has 2 aromatic heterocycles. The van der Waals surface area contributed by atoms with Gasteiger partial charge in [-0.15, -0.1) is 0 Å². The molecule has 228 valence electrons. The van der Waals surface area contributed by atoms with Gasteiger partial charge in [-0.1, -0.05) is 35.5 Å². The molecule has 0 aliphatic heterocycles. The van der Waals surface area contributed by atoms with Gasteiger partial charge >= 0.3 is 0 Å². The van der Waals surface area contributed by atoms with Crippen LogP contribution in [0.15, 0.2) is 97.6 Å². The Kier molecular flexibility index (Phi) is 8.51. The number of sulfonamides is 2. The molecule has 45 heavy (non-hydrogen) atoms. The van der Waals surface area contributed by atoms with Crippen LogP contribution in [-0.4, -0.2) is 37.3 Å². The third-order valence-corrected chi connectivity index (χ3v) is 9.50. The summed E-state index contributed by atoms with van der Waals surface area (Å²) < 4.78 is 48.8. The quantitative estimate of drug-likeness (QED) is 0.227. The molecule has 0 aliphatic carbocycles. The van der Waals surface area contributed by atoms with Gasteiger partial charge in [-0.3, -0.25) is 14.2 Å². The van der Waals surface area contributed by atoms with Crippen molar-refractivity contribution in [2.45, 2.75) is 26.6 Å². The second kappa shape index (κ2) is 12.0. The molecule has 0 atom stereocenters. The van der Waals surface area contributed by atoms with E-state index in [0.29, 0.717) is 10.6 Å². The first-order chi connectivity index (χ1) is 21.2. The van der Waals surface area contributed by atoms with Gasteiger partial charge in [0, 0.05) is 22.4 Å². The van der Waals surface area contributed by atoms with Crippen molar-refractivity contribution in [3.63, 3.8) is 0 Å². The molecule has 0 aliphatic rings. The van der Waals surface area contributed by atoms with Crippen LogP contribution >= 0.6 is 23.4 Å². The van der Waals surface area contributed by atoms with E-state index in [1.165, 1.54) is 55.7 Å². The summed E-state index contributed by atoms with van der Waals surface area (Å²) in [6.07, 6.45) is 1.19. The smallest absolute Gasteiger partial charge is 0.268 e. The minimum atomic E-state index is -4.14. The molecule has 5 rings (SSSR count). The Balaban J connectivity index is 1.79. The number of nitriles is 1. The monoisotopic (exact) mass is 681 g/mol. The third kappa shape index (κ3) is 6.59. The first-order valence-electron chi connectivity index (χ1n) is 12.5. The number of pyridine rings is 1. The molecule has 13 nitrogen and oxygen atoms in total. The van der Waals surface area contributed by atoms with Crippen molar-refractivity contribution in [3.05, 3.63) is 94.0 Å². The topological polar surface area (TPSA) is 221 Å². The average molecular weight is 682 g/mol. The van der Waals surface area contributed by atoms with E-state index in [-0.39, 0.29) is 53.2 Å². The molecular weight excluding hydrogens is 662 g/mol. The van der Waals surface area contributed by atoms with Gasteiger partial charge in [0.05, 0.1) is 32.1 Å². The number of fused-ring (bicyclic) bond motifs is 1. The number of benzene rings is 3. The van der Waals surface area contributed by atoms with Crippen LogP contribution in [-0.2, 0) is 24.8 Å². The summed E-state index contributed by atoms with van der Waals surface area (Å²) in [6, 6.07) is 17.5. The van der Waals surface area contributed by atoms with Crippen molar-refractivity contribution in [3.8, 4) is 22.9 Å². The number of carbonyl (C=O) groups is 1. The van der Waals surface area contributed by atoms with Crippen LogP contribution in [0.3, 0.4) is 0 Å². The summed E-state index contributed by atoms with van der Waals surface area (Å²) in [7, 11) is -8.12. The number of hydrogen-bond donors (Lipinski definition) is 3. The van der Waals surface area contributed by atoms with Crippen LogP contribution < -0.4 is 21.2 Å². The predicted octanol–water partition coefficient (Wildman–Crippen LogP) is 3.38. The van der Waals surface area contributed by atoms with Crippen molar-refractivity contribution in [2.24, 2.45) is 10.3 Å². The van der Waals surface area contributed by atoms with E-state index < -0.39 is 31.5 Å². The summed E-state index contributed by atoms with van der Waals surface area (Å²) in [5, 5.41) is 24.0. The van der Waals surface area contributed by atoms with E-state index in [2.05, 4.69) is 21.4 Å². The van der Waals surface area contributed by atoms with Gasteiger partial charge < -0.3 is 5.32 Å². The molecule has 0 unspecified atom stereocenters. The first kappa shape index (κ1) is 31.8. The molecule has 3 aromatic carbocycles. The molecule has 0 bridgehead atoms. The fourth-order valence-corrected chi connectivity index (χ4v) is 6.62. The Morgan fingerprint density at radius 1 is 0.978 bits per heavy atom. The number of carbonyl (C=O) groups excluding carboxylic acids is 1. The summed E-state index contributed by atoms with van der Waals surface area (Å²) in [6.45, 7) is 1.27. The molecule has 0 saturated heterocycles. The molecule has 0 spiro atoms. The Hall–Kier alpha value is -4.63. The molecule has 1 amide bonds. The molecule has 0 fully saturated rings. The number of nitrogens with zero attached hydrogens (tertiary/aromatic N) is 4. The molecule has 0 saturated carbocycles. The number of primary sulfonamides is 2. The highest BCUT2D eigenvalue weighted by Crippen LogP contribution is 2.40. The highest BCUT2D eigenvalue weighted by Gasteiger charge is 2.24. The van der Waals surface area contributed by atoms with Crippen LogP contribution in [0.5, 0.6) is 0 Å². The van der Waals surface area contributed by atoms with Crippen molar-refractivity contribution in [1.29, 1.82) is 5.26 Å². The van der Waals surface area contributed by atoms with Gasteiger partial charge in [0.1, 0.15) is 17.4 Å². The number of aromatic nitrogens is 3. The lowest BCUT2D eigenvalue weighted by molar-refractivity contribution is -0.114. The minimum Gasteiger partial charge on any atom is -0.325 e. The second-order valence-electron chi connectivity index (χ2n) is 9.43. The van der Waals surface area contributed by atoms with Gasteiger partial charge in [-0.05, 0) is 60.2 Å². The minimum absolute atomic E-state index is 0.0309. The van der Waals surface area contributed by atoms with Gasteiger partial charge in [-0.2, -0.15) is 5.26 Å². The Morgan fingerprint density at radius 3 is 2.18 bits per heavy atom. The standard InChI is InChI=1S/C28H20ClN7O6S3/c1-15(37)34-22-11-10-20(45(32,41)42)12-23(22)43-27-21(13-30)24(16-2-4-17(29)5-3-16)25-26(35-27)33-14-36(28(25)38)18-6-8-19(9-7-18)44(31,39)40/h2-12,14H,1H3,(H,34,37)(H2,31,39,40)(H2,32,41,42). The second-order valence-corrected chi connectivity index (χ2v) is 14.0. The fraction of sp³-hybridized carbons (Fsp3) is 0.0357. The van der Waals surface area contributed by atoms with E-state index in [4.69, 9.17) is 21.9 Å². The van der Waals surface area contributed by atoms with Gasteiger partial charge in [0.2, 0.25) is 26.0 Å². The van der Waals surface area contributed by atoms with Gasteiger partial charge in [-0.25, -0.2) is 37.1 Å². The number of anilines is 1. The first-order valence-corrected chi connectivity index (χ1v) is 16.8. The van der Waals surface area contributed by atoms with Gasteiger partial charge in [0.15, 0.2) is 5.65 Å². The summed E-state index contributed by atoms with van der Waals surface area (Å²) in [5.74, 6) is -0.437. The summed E-state index contributed by atoms with van der Waals surface area (Å²) in [5.41, 5.74) is 0.359. The van der Waals surface area contributed by atoms with Crippen LogP contribution in [0.25, 0.3) is 27.8 Å². The Labute approximate surface area is 265 Å². The molecule has 17 heteroatoms. The van der Waals surface area contributed by atoms with E-state index in [9.17, 15) is 31.7 Å². The number of nitrogens with one attached hydrogen (secondary N) is 1. The maximum absolute atomic E-state index is 14.0. The maximum Gasteiger partial charge on any atom is 0.268 e. The lowest BCUT2D eigenvalue weighted by Gasteiger charge is -2.16. The van der Waals surface area contributed by atoms with Crippen LogP contribution in [0, 0.1) is 11.3 Å². The normalized spacial score (nSPS) is 11.7. The van der Waals surface area contributed by atoms with Crippen molar-refractivity contribution >= 4 is 66.0 Å². The summed E-state index contributed by atoms with van der Waals surface area (Å²) >= 11 is 6.98. The molecule has 2 heterocycles. The third-order valence-electron chi connectivity index (χ3n) is 6.36. The van der Waals surface area contributed by atoms with Crippen molar-refractivity contribution in [1.82, 2.24) is 14.5 Å². The molecule has 0 radical (unpaired) electrons. The van der Waals surface area contributed by atoms with E-state index >= 15 is 0 Å². The van der Waals surface area contributed by atoms with Crippen molar-refractivity contribution < 1.29 is 21.6 Å². The Morgan fingerprint density at radius 2 is 1.60 bits per heavy atom. The van der Waals surface area contributed by atoms with E-state index in [1.807, 2.05) is 0 Å². The number of halogens is 1. The number of rotatable bonds is 7. The molecule has 5 aromatic rings. The summed E-state index contributed by atoms with van der Waals surface area (Å²) in [4.78, 5) is 34.6. The van der Waals surface area contributed by atoms with Crippen LogP contribution in [0.1, 0.15) is 12.5 Å². The highest BCUT2D eigenvalue weighted by atomic mass is 35.5. The van der Waals surface area contributed by atoms with E-state index in [1.54, 1.807) is 24.3 Å². The SMILES string of the molecule is CC(=O)Nc1ccc(S(N)(=O)=O)cc1Sc1nc2ncn(-c3ccc(S(N)(=O)=O)cc3)c(=O)c2c(-c2ccc(Cl)cc2)c1C#N. The van der Waals surface area contributed by atoms with Gasteiger partial charge in [0.25, 0.3) is 5.56 Å². The number of nitrogens with two attached hydrogens (primary N) is 2. The largest absolute Gasteiger partial charge is 0.325 e. The van der Waals surface area contributed by atoms with Crippen LogP contribution in [0.4, 0.5) is 5.69 Å². The van der Waals surface area contributed by atoms with Crippen LogP contribution in [0.2, 0.25) is 5.02 Å². The average Bonchev–Trinajstić information content (AvgIpc) is 2.97. The highest BCUT2D eigenvalue weighted by molar-refractivity contribution is 7.99. The number of amides is 1. The lowest BCUT2D eigenvalue weighted by Crippen LogP contribution is -2.21.